The summed E-state index contributed by atoms with van der Waals surface area (Å²) in [5, 5.41) is 0. The SMILES string of the molecule is CCCCCCCCCCCCCCCCCC(=O)OCCOCCOCCOCCOCCOCCOCCOCCOCCOCCOCCCCCCC. The van der Waals surface area contributed by atoms with Gasteiger partial charge in [0.2, 0.25) is 0 Å². The number of rotatable bonds is 52. The molecule has 57 heavy (non-hydrogen) atoms. The summed E-state index contributed by atoms with van der Waals surface area (Å²) in [6, 6.07) is 0. The van der Waals surface area contributed by atoms with Gasteiger partial charge >= 0.3 is 5.97 Å². The van der Waals surface area contributed by atoms with Crippen LogP contribution >= 0.6 is 0 Å². The van der Waals surface area contributed by atoms with E-state index >= 15 is 0 Å². The Morgan fingerprint density at radius 2 is 0.456 bits per heavy atom. The van der Waals surface area contributed by atoms with Crippen LogP contribution in [0.3, 0.4) is 0 Å². The highest BCUT2D eigenvalue weighted by Gasteiger charge is 2.03. The van der Waals surface area contributed by atoms with Gasteiger partial charge in [-0.1, -0.05) is 129 Å². The lowest BCUT2D eigenvalue weighted by molar-refractivity contribution is -0.145. The Bertz CT molecular complexity index is 732. The van der Waals surface area contributed by atoms with E-state index in [1.165, 1.54) is 109 Å². The van der Waals surface area contributed by atoms with Crippen molar-refractivity contribution in [1.29, 1.82) is 0 Å². The third kappa shape index (κ3) is 53.1. The van der Waals surface area contributed by atoms with E-state index in [9.17, 15) is 4.79 Å². The predicted molar refractivity (Wildman–Crippen MR) is 227 cm³/mol. The number of carbonyl (C=O) groups is 1. The van der Waals surface area contributed by atoms with E-state index in [2.05, 4.69) is 13.8 Å². The fraction of sp³-hybridized carbons (Fsp3) is 0.978. The third-order valence-corrected chi connectivity index (χ3v) is 9.22. The maximum absolute atomic E-state index is 11.9. The largest absolute Gasteiger partial charge is 0.463 e. The number of hydrogen-bond acceptors (Lipinski definition) is 12. The molecule has 0 bridgehead atoms. The first-order chi connectivity index (χ1) is 28.3. The van der Waals surface area contributed by atoms with Crippen molar-refractivity contribution in [3.63, 3.8) is 0 Å². The molecule has 0 heterocycles. The van der Waals surface area contributed by atoms with Crippen LogP contribution in [0.15, 0.2) is 0 Å². The molecule has 0 spiro atoms. The molecule has 0 amide bonds. The van der Waals surface area contributed by atoms with Gasteiger partial charge in [0.25, 0.3) is 0 Å². The van der Waals surface area contributed by atoms with Gasteiger partial charge in [0.15, 0.2) is 0 Å². The van der Waals surface area contributed by atoms with Gasteiger partial charge in [-0.3, -0.25) is 4.79 Å². The van der Waals surface area contributed by atoms with Crippen LogP contribution in [0.5, 0.6) is 0 Å². The van der Waals surface area contributed by atoms with Gasteiger partial charge in [-0.15, -0.1) is 0 Å². The van der Waals surface area contributed by atoms with Crippen LogP contribution in [0.2, 0.25) is 0 Å². The molecule has 0 aromatic carbocycles. The maximum Gasteiger partial charge on any atom is 0.305 e. The molecule has 0 aliphatic carbocycles. The van der Waals surface area contributed by atoms with Crippen molar-refractivity contribution < 1.29 is 56.9 Å². The average Bonchev–Trinajstić information content (AvgIpc) is 3.22. The predicted octanol–water partition coefficient (Wildman–Crippen LogP) is 8.93. The second-order valence-electron chi connectivity index (χ2n) is 14.5. The second kappa shape index (κ2) is 53.1. The average molecular weight is 823 g/mol. The van der Waals surface area contributed by atoms with E-state index < -0.39 is 0 Å². The summed E-state index contributed by atoms with van der Waals surface area (Å²) in [6.45, 7) is 15.5. The summed E-state index contributed by atoms with van der Waals surface area (Å²) in [7, 11) is 0. The summed E-state index contributed by atoms with van der Waals surface area (Å²) >= 11 is 0. The Labute approximate surface area is 349 Å². The maximum atomic E-state index is 11.9. The summed E-state index contributed by atoms with van der Waals surface area (Å²) in [4.78, 5) is 11.9. The van der Waals surface area contributed by atoms with Crippen LogP contribution in [0.1, 0.15) is 149 Å². The minimum Gasteiger partial charge on any atom is -0.463 e. The van der Waals surface area contributed by atoms with E-state index in [0.717, 1.165) is 25.9 Å². The highest BCUT2D eigenvalue weighted by atomic mass is 16.6. The molecule has 0 aliphatic rings. The minimum atomic E-state index is -0.128. The quantitative estimate of drug-likeness (QED) is 0.0431. The van der Waals surface area contributed by atoms with Gasteiger partial charge in [0.1, 0.15) is 6.61 Å². The van der Waals surface area contributed by atoms with Crippen molar-refractivity contribution in [3.05, 3.63) is 0 Å². The van der Waals surface area contributed by atoms with E-state index in [4.69, 9.17) is 52.1 Å². The lowest BCUT2D eigenvalue weighted by atomic mass is 10.0. The Morgan fingerprint density at radius 3 is 0.737 bits per heavy atom. The van der Waals surface area contributed by atoms with E-state index in [0.29, 0.717) is 139 Å². The molecule has 0 saturated heterocycles. The number of carbonyl (C=O) groups excluding carboxylic acids is 1. The zero-order chi connectivity index (χ0) is 41.1. The molecule has 0 fully saturated rings. The van der Waals surface area contributed by atoms with Crippen molar-refractivity contribution in [3.8, 4) is 0 Å². The Morgan fingerprint density at radius 1 is 0.246 bits per heavy atom. The van der Waals surface area contributed by atoms with Gasteiger partial charge in [-0.05, 0) is 12.8 Å². The van der Waals surface area contributed by atoms with E-state index in [1.54, 1.807) is 0 Å². The molecule has 0 saturated carbocycles. The molecule has 342 valence electrons. The highest BCUT2D eigenvalue weighted by molar-refractivity contribution is 5.69. The molecule has 0 rings (SSSR count). The highest BCUT2D eigenvalue weighted by Crippen LogP contribution is 2.14. The summed E-state index contributed by atoms with van der Waals surface area (Å²) in [5.74, 6) is -0.128. The third-order valence-electron chi connectivity index (χ3n) is 9.22. The fourth-order valence-corrected chi connectivity index (χ4v) is 5.82. The fourth-order valence-electron chi connectivity index (χ4n) is 5.82. The van der Waals surface area contributed by atoms with Crippen molar-refractivity contribution >= 4 is 5.97 Å². The topological polar surface area (TPSA) is 119 Å². The molecule has 0 radical (unpaired) electrons. The van der Waals surface area contributed by atoms with Crippen molar-refractivity contribution in [2.75, 3.05) is 139 Å². The van der Waals surface area contributed by atoms with Crippen LogP contribution in [0, 0.1) is 0 Å². The Kier molecular flexibility index (Phi) is 52.2. The molecule has 0 aliphatic heterocycles. The second-order valence-corrected chi connectivity index (χ2v) is 14.5. The minimum absolute atomic E-state index is 0.128. The zero-order valence-corrected chi connectivity index (χ0v) is 37.1. The summed E-state index contributed by atoms with van der Waals surface area (Å²) < 4.78 is 60.4. The normalized spacial score (nSPS) is 11.5. The smallest absolute Gasteiger partial charge is 0.305 e. The first kappa shape index (κ1) is 56.1. The first-order valence-electron chi connectivity index (χ1n) is 23.2. The lowest BCUT2D eigenvalue weighted by Gasteiger charge is -2.09. The van der Waals surface area contributed by atoms with Gasteiger partial charge in [0.05, 0.1) is 126 Å². The number of hydrogen-bond donors (Lipinski definition) is 0. The van der Waals surface area contributed by atoms with Crippen LogP contribution in [0.4, 0.5) is 0 Å². The molecule has 12 nitrogen and oxygen atoms in total. The van der Waals surface area contributed by atoms with Crippen molar-refractivity contribution in [1.82, 2.24) is 0 Å². The van der Waals surface area contributed by atoms with Crippen molar-refractivity contribution in [2.24, 2.45) is 0 Å². The molecular formula is C45H90O12. The number of unbranched alkanes of at least 4 members (excludes halogenated alkanes) is 18. The van der Waals surface area contributed by atoms with E-state index in [-0.39, 0.29) is 5.97 Å². The van der Waals surface area contributed by atoms with Gasteiger partial charge in [-0.25, -0.2) is 0 Å². The molecule has 0 aromatic rings. The Hall–Kier alpha value is -0.930. The van der Waals surface area contributed by atoms with Gasteiger partial charge < -0.3 is 52.1 Å². The molecular weight excluding hydrogens is 732 g/mol. The van der Waals surface area contributed by atoms with Gasteiger partial charge in [-0.2, -0.15) is 0 Å². The lowest BCUT2D eigenvalue weighted by Crippen LogP contribution is -2.15. The van der Waals surface area contributed by atoms with Crippen molar-refractivity contribution in [2.45, 2.75) is 149 Å². The summed E-state index contributed by atoms with van der Waals surface area (Å²) in [6.07, 6.45) is 26.5. The molecule has 0 unspecified atom stereocenters. The molecule has 0 atom stereocenters. The zero-order valence-electron chi connectivity index (χ0n) is 37.1. The summed E-state index contributed by atoms with van der Waals surface area (Å²) in [5.41, 5.74) is 0. The molecule has 0 N–H and O–H groups in total. The van der Waals surface area contributed by atoms with Crippen LogP contribution in [0.25, 0.3) is 0 Å². The number of esters is 1. The van der Waals surface area contributed by atoms with Crippen LogP contribution in [-0.4, -0.2) is 145 Å². The molecule has 12 heteroatoms. The van der Waals surface area contributed by atoms with Gasteiger partial charge in [0, 0.05) is 13.0 Å². The van der Waals surface area contributed by atoms with Crippen LogP contribution < -0.4 is 0 Å². The molecule has 0 aromatic heterocycles. The van der Waals surface area contributed by atoms with Crippen LogP contribution in [-0.2, 0) is 56.9 Å². The standard InChI is InChI=1S/C45H90O12/c1-3-5-7-9-10-11-12-13-14-15-16-17-18-19-21-23-45(46)57-44-43-56-42-41-55-40-39-54-38-37-53-36-35-52-34-33-51-32-31-50-30-29-49-28-27-48-26-25-47-24-22-20-8-6-4-2/h3-44H2,1-2H3. The Balaban J connectivity index is 3.12. The van der Waals surface area contributed by atoms with E-state index in [1.807, 2.05) is 0 Å². The first-order valence-corrected chi connectivity index (χ1v) is 23.2. The number of ether oxygens (including phenoxy) is 11. The monoisotopic (exact) mass is 823 g/mol.